The zero-order valence-corrected chi connectivity index (χ0v) is 11.6. The van der Waals surface area contributed by atoms with E-state index < -0.39 is 0 Å². The maximum Gasteiger partial charge on any atom is 0.0195 e. The van der Waals surface area contributed by atoms with Gasteiger partial charge >= 0.3 is 0 Å². The highest BCUT2D eigenvalue weighted by Gasteiger charge is 2.24. The van der Waals surface area contributed by atoms with Crippen molar-refractivity contribution in [3.05, 3.63) is 0 Å². The Labute approximate surface area is 97.4 Å². The first-order valence-electron chi connectivity index (χ1n) is 5.75. The van der Waals surface area contributed by atoms with Crippen molar-refractivity contribution < 1.29 is 0 Å². The largest absolute Gasteiger partial charge is 0.303 e. The van der Waals surface area contributed by atoms with Gasteiger partial charge in [-0.2, -0.15) is 0 Å². The van der Waals surface area contributed by atoms with E-state index in [9.17, 15) is 0 Å². The minimum absolute atomic E-state index is 0.481. The summed E-state index contributed by atoms with van der Waals surface area (Å²) in [5.74, 6) is 0.809. The quantitative estimate of drug-likeness (QED) is 0.688. The lowest BCUT2D eigenvalue weighted by Crippen LogP contribution is -2.40. The molecule has 0 aromatic rings. The maximum atomic E-state index is 3.75. The average Bonchev–Trinajstić information content (AvgIpc) is 2.06. The van der Waals surface area contributed by atoms with E-state index in [2.05, 4.69) is 48.5 Å². The van der Waals surface area contributed by atoms with Crippen LogP contribution in [0.5, 0.6) is 0 Å². The maximum absolute atomic E-state index is 3.75. The third kappa shape index (κ3) is 4.31. The molecule has 1 fully saturated rings. The molecule has 1 aliphatic rings. The molecule has 2 unspecified atom stereocenters. The van der Waals surface area contributed by atoms with E-state index in [-0.39, 0.29) is 0 Å². The van der Waals surface area contributed by atoms with Crippen LogP contribution < -0.4 is 0 Å². The topological polar surface area (TPSA) is 3.24 Å². The van der Waals surface area contributed by atoms with Gasteiger partial charge in [0.15, 0.2) is 0 Å². The van der Waals surface area contributed by atoms with E-state index in [0.29, 0.717) is 5.41 Å². The number of alkyl halides is 1. The average molecular weight is 262 g/mol. The molecule has 1 aliphatic heterocycles. The van der Waals surface area contributed by atoms with Gasteiger partial charge in [-0.3, -0.25) is 0 Å². The van der Waals surface area contributed by atoms with E-state index in [1.165, 1.54) is 32.5 Å². The molecule has 0 amide bonds. The minimum atomic E-state index is 0.481. The number of hydrogen-bond acceptors (Lipinski definition) is 1. The molecular weight excluding hydrogens is 238 g/mol. The normalized spacial score (nSPS) is 30.6. The molecule has 0 aromatic heterocycles. The van der Waals surface area contributed by atoms with E-state index in [1.807, 2.05) is 0 Å². The third-order valence-corrected chi connectivity index (χ3v) is 4.42. The van der Waals surface area contributed by atoms with Gasteiger partial charge in [-0.05, 0) is 37.3 Å². The second kappa shape index (κ2) is 4.98. The van der Waals surface area contributed by atoms with Crippen molar-refractivity contribution in [1.82, 2.24) is 4.90 Å². The summed E-state index contributed by atoms with van der Waals surface area (Å²) in [6, 6.07) is 0. The smallest absolute Gasteiger partial charge is 0.0195 e. The molecule has 1 saturated heterocycles. The highest BCUT2D eigenvalue weighted by molar-refractivity contribution is 9.09. The summed E-state index contributed by atoms with van der Waals surface area (Å²) < 4.78 is 0. The van der Waals surface area contributed by atoms with Crippen LogP contribution in [0.25, 0.3) is 0 Å². The highest BCUT2D eigenvalue weighted by atomic mass is 79.9. The van der Waals surface area contributed by atoms with Crippen molar-refractivity contribution in [3.8, 4) is 0 Å². The van der Waals surface area contributed by atoms with Crippen LogP contribution in [-0.2, 0) is 0 Å². The monoisotopic (exact) mass is 261 g/mol. The second-order valence-electron chi connectivity index (χ2n) is 5.89. The number of piperidine rings is 1. The van der Waals surface area contributed by atoms with Gasteiger partial charge in [0.2, 0.25) is 0 Å². The summed E-state index contributed by atoms with van der Waals surface area (Å²) in [7, 11) is 0. The summed E-state index contributed by atoms with van der Waals surface area (Å²) in [5.41, 5.74) is 0.481. The van der Waals surface area contributed by atoms with Crippen LogP contribution in [0.2, 0.25) is 0 Å². The number of rotatable bonds is 2. The van der Waals surface area contributed by atoms with Gasteiger partial charge in [-0.1, -0.05) is 43.6 Å². The Morgan fingerprint density at radius 1 is 1.36 bits per heavy atom. The summed E-state index contributed by atoms with van der Waals surface area (Å²) in [6.45, 7) is 13.1. The summed E-state index contributed by atoms with van der Waals surface area (Å²) in [6.07, 6.45) is 2.62. The number of likely N-dealkylation sites (tertiary alicyclic amines) is 1. The Balaban J connectivity index is 2.27. The molecule has 2 heteroatoms. The molecule has 0 saturated carbocycles. The van der Waals surface area contributed by atoms with Crippen LogP contribution in [0, 0.1) is 11.3 Å². The number of halogens is 1. The SMILES string of the molecule is CC1CN(CCC(C)(C)C)CCC1Br. The van der Waals surface area contributed by atoms with Gasteiger partial charge in [0.05, 0.1) is 0 Å². The minimum Gasteiger partial charge on any atom is -0.303 e. The highest BCUT2D eigenvalue weighted by Crippen LogP contribution is 2.25. The Hall–Kier alpha value is 0.440. The van der Waals surface area contributed by atoms with Crippen molar-refractivity contribution in [2.45, 2.75) is 45.4 Å². The van der Waals surface area contributed by atoms with Crippen molar-refractivity contribution in [3.63, 3.8) is 0 Å². The van der Waals surface area contributed by atoms with E-state index in [0.717, 1.165) is 10.7 Å². The molecule has 0 spiro atoms. The fourth-order valence-electron chi connectivity index (χ4n) is 1.90. The fourth-order valence-corrected chi connectivity index (χ4v) is 2.27. The van der Waals surface area contributed by atoms with Crippen molar-refractivity contribution >= 4 is 15.9 Å². The van der Waals surface area contributed by atoms with E-state index in [1.54, 1.807) is 0 Å². The molecule has 1 nitrogen and oxygen atoms in total. The molecule has 1 rings (SSSR count). The van der Waals surface area contributed by atoms with Crippen LogP contribution in [0.1, 0.15) is 40.5 Å². The van der Waals surface area contributed by atoms with E-state index in [4.69, 9.17) is 0 Å². The standard InChI is InChI=1S/C12H24BrN/c1-10-9-14(7-5-11(10)13)8-6-12(2,3)4/h10-11H,5-9H2,1-4H3. The Kier molecular flexibility index (Phi) is 4.45. The van der Waals surface area contributed by atoms with Crippen LogP contribution in [0.3, 0.4) is 0 Å². The van der Waals surface area contributed by atoms with Gasteiger partial charge < -0.3 is 4.90 Å². The second-order valence-corrected chi connectivity index (χ2v) is 7.07. The molecule has 0 aliphatic carbocycles. The summed E-state index contributed by atoms with van der Waals surface area (Å²) >= 11 is 3.75. The zero-order chi connectivity index (χ0) is 10.8. The van der Waals surface area contributed by atoms with Crippen molar-refractivity contribution in [1.29, 1.82) is 0 Å². The van der Waals surface area contributed by atoms with Gasteiger partial charge in [0, 0.05) is 11.4 Å². The Morgan fingerprint density at radius 3 is 2.50 bits per heavy atom. The predicted molar refractivity (Wildman–Crippen MR) is 67.0 cm³/mol. The van der Waals surface area contributed by atoms with Crippen molar-refractivity contribution in [2.75, 3.05) is 19.6 Å². The Bertz CT molecular complexity index is 174. The van der Waals surface area contributed by atoms with Crippen LogP contribution >= 0.6 is 15.9 Å². The van der Waals surface area contributed by atoms with Crippen molar-refractivity contribution in [2.24, 2.45) is 11.3 Å². The molecule has 1 heterocycles. The number of nitrogens with zero attached hydrogens (tertiary/aromatic N) is 1. The number of hydrogen-bond donors (Lipinski definition) is 0. The summed E-state index contributed by atoms with van der Waals surface area (Å²) in [4.78, 5) is 3.36. The van der Waals surface area contributed by atoms with Gasteiger partial charge in [-0.15, -0.1) is 0 Å². The van der Waals surface area contributed by atoms with E-state index >= 15 is 0 Å². The zero-order valence-electron chi connectivity index (χ0n) is 10.0. The van der Waals surface area contributed by atoms with Crippen LogP contribution in [-0.4, -0.2) is 29.4 Å². The molecule has 14 heavy (non-hydrogen) atoms. The molecule has 2 atom stereocenters. The van der Waals surface area contributed by atoms with Crippen LogP contribution in [0.15, 0.2) is 0 Å². The molecule has 0 N–H and O–H groups in total. The van der Waals surface area contributed by atoms with Gasteiger partial charge in [-0.25, -0.2) is 0 Å². The lowest BCUT2D eigenvalue weighted by atomic mass is 9.91. The first-order valence-corrected chi connectivity index (χ1v) is 6.66. The molecular formula is C12H24BrN. The molecule has 0 aromatic carbocycles. The molecule has 84 valence electrons. The lowest BCUT2D eigenvalue weighted by molar-refractivity contribution is 0.168. The van der Waals surface area contributed by atoms with Crippen LogP contribution in [0.4, 0.5) is 0 Å². The molecule has 0 bridgehead atoms. The lowest BCUT2D eigenvalue weighted by Gasteiger charge is -2.35. The third-order valence-electron chi connectivity index (χ3n) is 3.06. The van der Waals surface area contributed by atoms with Gasteiger partial charge in [0.25, 0.3) is 0 Å². The van der Waals surface area contributed by atoms with Gasteiger partial charge in [0.1, 0.15) is 0 Å². The predicted octanol–water partition coefficient (Wildman–Crippen LogP) is 3.53. The molecule has 0 radical (unpaired) electrons. The fraction of sp³-hybridized carbons (Fsp3) is 1.00. The first kappa shape index (κ1) is 12.5. The Morgan fingerprint density at radius 2 is 2.00 bits per heavy atom. The summed E-state index contributed by atoms with van der Waals surface area (Å²) in [5, 5.41) is 0. The first-order chi connectivity index (χ1) is 6.38.